The molecule has 2 aliphatic rings. The molecule has 0 bridgehead atoms. The van der Waals surface area contributed by atoms with Crippen molar-refractivity contribution in [2.45, 2.75) is 45.3 Å². The van der Waals surface area contributed by atoms with Crippen LogP contribution in [0.25, 0.3) is 0 Å². The van der Waals surface area contributed by atoms with Gasteiger partial charge in [0, 0.05) is 24.5 Å². The molecular weight excluding hydrogens is 260 g/mol. The van der Waals surface area contributed by atoms with Crippen molar-refractivity contribution in [1.82, 2.24) is 10.2 Å². The van der Waals surface area contributed by atoms with Crippen LogP contribution in [-0.2, 0) is 9.59 Å². The van der Waals surface area contributed by atoms with Gasteiger partial charge in [-0.15, -0.1) is 0 Å². The summed E-state index contributed by atoms with van der Waals surface area (Å²) >= 11 is 0. The molecule has 0 aromatic carbocycles. The third-order valence-electron chi connectivity index (χ3n) is 4.91. The predicted molar refractivity (Wildman–Crippen MR) is 73.1 cm³/mol. The lowest BCUT2D eigenvalue weighted by atomic mass is 9.64. The minimum atomic E-state index is -0.763. The summed E-state index contributed by atoms with van der Waals surface area (Å²) < 4.78 is 0. The first-order chi connectivity index (χ1) is 9.32. The molecule has 2 fully saturated rings. The summed E-state index contributed by atoms with van der Waals surface area (Å²) in [6, 6.07) is 0.165. The second-order valence-electron chi connectivity index (χ2n) is 6.50. The van der Waals surface area contributed by atoms with Gasteiger partial charge in [0.1, 0.15) is 0 Å². The fourth-order valence-corrected chi connectivity index (χ4v) is 2.95. The van der Waals surface area contributed by atoms with Crippen LogP contribution in [0.2, 0.25) is 0 Å². The number of rotatable bonds is 4. The molecule has 1 aliphatic heterocycles. The van der Waals surface area contributed by atoms with Crippen molar-refractivity contribution in [3.05, 3.63) is 0 Å². The van der Waals surface area contributed by atoms with E-state index in [-0.39, 0.29) is 35.9 Å². The van der Waals surface area contributed by atoms with Crippen molar-refractivity contribution in [3.63, 3.8) is 0 Å². The maximum atomic E-state index is 12.1. The number of nitrogens with one attached hydrogen (secondary N) is 1. The molecule has 1 saturated heterocycles. The summed E-state index contributed by atoms with van der Waals surface area (Å²) in [4.78, 5) is 24.7. The van der Waals surface area contributed by atoms with Gasteiger partial charge in [0.15, 0.2) is 0 Å². The minimum absolute atomic E-state index is 0.0195. The highest BCUT2D eigenvalue weighted by atomic mass is 16.4. The minimum Gasteiger partial charge on any atom is -0.481 e. The highest BCUT2D eigenvalue weighted by Crippen LogP contribution is 2.40. The molecule has 2 unspecified atom stereocenters. The summed E-state index contributed by atoms with van der Waals surface area (Å²) in [5.41, 5.74) is -0.184. The van der Waals surface area contributed by atoms with E-state index in [1.807, 2.05) is 13.8 Å². The van der Waals surface area contributed by atoms with Gasteiger partial charge in [-0.25, -0.2) is 0 Å². The maximum Gasteiger partial charge on any atom is 0.306 e. The van der Waals surface area contributed by atoms with Crippen LogP contribution in [0.3, 0.4) is 0 Å². The lowest BCUT2D eigenvalue weighted by Gasteiger charge is -2.49. The number of piperidine rings is 1. The maximum absolute atomic E-state index is 12.1. The van der Waals surface area contributed by atoms with Crippen molar-refractivity contribution in [2.24, 2.45) is 11.3 Å². The van der Waals surface area contributed by atoms with Crippen LogP contribution >= 0.6 is 0 Å². The molecule has 20 heavy (non-hydrogen) atoms. The lowest BCUT2D eigenvalue weighted by Crippen LogP contribution is -2.61. The molecule has 1 heterocycles. The number of aliphatic hydroxyl groups is 1. The first kappa shape index (κ1) is 15.3. The van der Waals surface area contributed by atoms with Crippen LogP contribution in [0.1, 0.15) is 33.1 Å². The average molecular weight is 284 g/mol. The first-order valence-corrected chi connectivity index (χ1v) is 7.24. The molecule has 6 heteroatoms. The molecule has 114 valence electrons. The topological polar surface area (TPSA) is 89.9 Å². The Morgan fingerprint density at radius 2 is 1.90 bits per heavy atom. The number of carboxylic acids is 1. The molecule has 0 aromatic heterocycles. The van der Waals surface area contributed by atoms with E-state index in [2.05, 4.69) is 5.32 Å². The van der Waals surface area contributed by atoms with E-state index in [1.54, 1.807) is 4.90 Å². The number of carbonyl (C=O) groups excluding carboxylic acids is 1. The van der Waals surface area contributed by atoms with Gasteiger partial charge in [0.2, 0.25) is 5.91 Å². The summed E-state index contributed by atoms with van der Waals surface area (Å²) in [5, 5.41) is 21.8. The lowest BCUT2D eigenvalue weighted by molar-refractivity contribution is -0.145. The van der Waals surface area contributed by atoms with Crippen molar-refractivity contribution < 1.29 is 19.8 Å². The Balaban J connectivity index is 1.73. The molecule has 1 amide bonds. The predicted octanol–water partition coefficient (Wildman–Crippen LogP) is 0.0586. The molecule has 2 rings (SSSR count). The van der Waals surface area contributed by atoms with Crippen LogP contribution in [0.5, 0.6) is 0 Å². The standard InChI is InChI=1S/C14H24N2O4/c1-14(2)10(7-11(14)17)15-8-12(18)16-5-3-9(4-6-16)13(19)20/h9-11,15,17H,3-8H2,1-2H3,(H,19,20). The Kier molecular flexibility index (Phi) is 4.34. The number of nitrogens with zero attached hydrogens (tertiary/aromatic N) is 1. The van der Waals surface area contributed by atoms with Gasteiger partial charge in [-0.1, -0.05) is 13.8 Å². The quantitative estimate of drug-likeness (QED) is 0.679. The molecule has 0 radical (unpaired) electrons. The van der Waals surface area contributed by atoms with Gasteiger partial charge in [-0.3, -0.25) is 9.59 Å². The highest BCUT2D eigenvalue weighted by molar-refractivity contribution is 5.79. The molecule has 2 atom stereocenters. The fraction of sp³-hybridized carbons (Fsp3) is 0.857. The van der Waals surface area contributed by atoms with Gasteiger partial charge < -0.3 is 20.4 Å². The molecule has 1 aliphatic carbocycles. The summed E-state index contributed by atoms with van der Waals surface area (Å²) in [7, 11) is 0. The fourth-order valence-electron chi connectivity index (χ4n) is 2.95. The van der Waals surface area contributed by atoms with E-state index in [0.717, 1.165) is 0 Å². The summed E-state index contributed by atoms with van der Waals surface area (Å²) in [5.74, 6) is -1.06. The number of likely N-dealkylation sites (tertiary alicyclic amines) is 1. The molecular formula is C14H24N2O4. The van der Waals surface area contributed by atoms with Gasteiger partial charge in [-0.05, 0) is 19.3 Å². The summed E-state index contributed by atoms with van der Waals surface area (Å²) in [6.07, 6.45) is 1.45. The zero-order valence-electron chi connectivity index (χ0n) is 12.1. The Hall–Kier alpha value is -1.14. The smallest absolute Gasteiger partial charge is 0.306 e. The van der Waals surface area contributed by atoms with Crippen molar-refractivity contribution in [2.75, 3.05) is 19.6 Å². The molecule has 0 aromatic rings. The number of aliphatic carboxylic acids is 1. The monoisotopic (exact) mass is 284 g/mol. The second kappa shape index (κ2) is 5.69. The normalized spacial score (nSPS) is 29.9. The largest absolute Gasteiger partial charge is 0.481 e. The van der Waals surface area contributed by atoms with Gasteiger partial charge in [0.25, 0.3) is 0 Å². The second-order valence-corrected chi connectivity index (χ2v) is 6.50. The van der Waals surface area contributed by atoms with Gasteiger partial charge >= 0.3 is 5.97 Å². The molecule has 1 saturated carbocycles. The number of carbonyl (C=O) groups is 2. The number of hydrogen-bond donors (Lipinski definition) is 3. The highest BCUT2D eigenvalue weighted by Gasteiger charge is 2.47. The zero-order chi connectivity index (χ0) is 14.9. The number of amides is 1. The molecule has 6 nitrogen and oxygen atoms in total. The summed E-state index contributed by atoms with van der Waals surface area (Å²) in [6.45, 7) is 5.28. The van der Waals surface area contributed by atoms with E-state index in [1.165, 1.54) is 0 Å². The van der Waals surface area contributed by atoms with E-state index in [0.29, 0.717) is 32.4 Å². The van der Waals surface area contributed by atoms with Crippen LogP contribution in [0.4, 0.5) is 0 Å². The Morgan fingerprint density at radius 3 is 2.35 bits per heavy atom. The molecule has 0 spiro atoms. The zero-order valence-corrected chi connectivity index (χ0v) is 12.1. The van der Waals surface area contributed by atoms with Crippen molar-refractivity contribution in [3.8, 4) is 0 Å². The van der Waals surface area contributed by atoms with Crippen LogP contribution in [0.15, 0.2) is 0 Å². The van der Waals surface area contributed by atoms with Gasteiger partial charge in [-0.2, -0.15) is 0 Å². The SMILES string of the molecule is CC1(C)C(O)CC1NCC(=O)N1CCC(C(=O)O)CC1. The van der Waals surface area contributed by atoms with Crippen molar-refractivity contribution >= 4 is 11.9 Å². The molecule has 3 N–H and O–H groups in total. The van der Waals surface area contributed by atoms with E-state index >= 15 is 0 Å². The van der Waals surface area contributed by atoms with Crippen LogP contribution < -0.4 is 5.32 Å². The van der Waals surface area contributed by atoms with E-state index in [9.17, 15) is 14.7 Å². The number of hydrogen-bond acceptors (Lipinski definition) is 4. The van der Waals surface area contributed by atoms with Crippen LogP contribution in [-0.4, -0.2) is 58.8 Å². The Labute approximate surface area is 119 Å². The Morgan fingerprint density at radius 1 is 1.30 bits per heavy atom. The van der Waals surface area contributed by atoms with E-state index in [4.69, 9.17) is 5.11 Å². The average Bonchev–Trinajstić information content (AvgIpc) is 2.43. The third kappa shape index (κ3) is 2.96. The van der Waals surface area contributed by atoms with Gasteiger partial charge in [0.05, 0.1) is 18.6 Å². The number of carboxylic acid groups (broad SMARTS) is 1. The number of aliphatic hydroxyl groups excluding tert-OH is 1. The third-order valence-corrected chi connectivity index (χ3v) is 4.91. The van der Waals surface area contributed by atoms with E-state index < -0.39 is 5.97 Å². The Bertz CT molecular complexity index is 389. The van der Waals surface area contributed by atoms with Crippen molar-refractivity contribution in [1.29, 1.82) is 0 Å². The first-order valence-electron chi connectivity index (χ1n) is 7.24. The van der Waals surface area contributed by atoms with Crippen LogP contribution in [0, 0.1) is 11.3 Å².